The Labute approximate surface area is 143 Å². The van der Waals surface area contributed by atoms with Gasteiger partial charge >= 0.3 is 12.1 Å². The van der Waals surface area contributed by atoms with Crippen molar-refractivity contribution in [1.29, 1.82) is 0 Å². The van der Waals surface area contributed by atoms with Crippen LogP contribution in [0.1, 0.15) is 19.4 Å². The fraction of sp³-hybridized carbons (Fsp3) is 0.312. The molecular formula is C16H17NO8. The van der Waals surface area contributed by atoms with Crippen molar-refractivity contribution in [1.82, 2.24) is 5.32 Å². The Kier molecular flexibility index (Phi) is 4.87. The van der Waals surface area contributed by atoms with Gasteiger partial charge in [-0.05, 0) is 19.1 Å². The van der Waals surface area contributed by atoms with Gasteiger partial charge in [0.1, 0.15) is 0 Å². The minimum Gasteiger partial charge on any atom is -0.493 e. The van der Waals surface area contributed by atoms with E-state index in [2.05, 4.69) is 0 Å². The molecular weight excluding hydrogens is 334 g/mol. The molecule has 0 radical (unpaired) electrons. The summed E-state index contributed by atoms with van der Waals surface area (Å²) >= 11 is 0. The lowest BCUT2D eigenvalue weighted by atomic mass is 9.91. The van der Waals surface area contributed by atoms with Crippen molar-refractivity contribution in [2.45, 2.75) is 19.4 Å². The monoisotopic (exact) mass is 351 g/mol. The van der Waals surface area contributed by atoms with Crippen molar-refractivity contribution in [3.05, 3.63) is 35.4 Å². The van der Waals surface area contributed by atoms with Crippen molar-refractivity contribution < 1.29 is 38.4 Å². The third-order valence-electron chi connectivity index (χ3n) is 3.55. The molecule has 9 nitrogen and oxygen atoms in total. The zero-order chi connectivity index (χ0) is 18.8. The highest BCUT2D eigenvalue weighted by molar-refractivity contribution is 6.04. The van der Waals surface area contributed by atoms with Crippen molar-refractivity contribution >= 4 is 17.8 Å². The van der Waals surface area contributed by atoms with Gasteiger partial charge in [-0.25, -0.2) is 4.79 Å². The van der Waals surface area contributed by atoms with E-state index in [1.165, 1.54) is 27.2 Å². The number of carboxylic acid groups (broad SMARTS) is 1. The zero-order valence-electron chi connectivity index (χ0n) is 14.0. The van der Waals surface area contributed by atoms with Crippen molar-refractivity contribution in [2.75, 3.05) is 14.2 Å². The van der Waals surface area contributed by atoms with Gasteiger partial charge in [0.2, 0.25) is 11.6 Å². The van der Waals surface area contributed by atoms with E-state index in [4.69, 9.17) is 24.1 Å². The molecule has 2 N–H and O–H groups in total. The van der Waals surface area contributed by atoms with Gasteiger partial charge in [-0.2, -0.15) is 0 Å². The summed E-state index contributed by atoms with van der Waals surface area (Å²) in [5.74, 6) is -1.66. The van der Waals surface area contributed by atoms with Crippen LogP contribution in [0.2, 0.25) is 0 Å². The van der Waals surface area contributed by atoms with Crippen LogP contribution in [0.25, 0.3) is 0 Å². The van der Waals surface area contributed by atoms with Crippen molar-refractivity contribution in [2.24, 2.45) is 0 Å². The molecule has 0 aliphatic carbocycles. The third-order valence-corrected chi connectivity index (χ3v) is 3.55. The number of hydrogen-bond acceptors (Lipinski definition) is 7. The molecule has 25 heavy (non-hydrogen) atoms. The quantitative estimate of drug-likeness (QED) is 0.766. The Hall–Kier alpha value is -3.23. The molecule has 2 rings (SSSR count). The van der Waals surface area contributed by atoms with Gasteiger partial charge in [0.05, 0.1) is 14.2 Å². The molecule has 1 amide bonds. The second kappa shape index (κ2) is 6.71. The smallest absolute Gasteiger partial charge is 0.411 e. The fourth-order valence-corrected chi connectivity index (χ4v) is 2.36. The van der Waals surface area contributed by atoms with Crippen LogP contribution in [0.3, 0.4) is 0 Å². The largest absolute Gasteiger partial charge is 0.493 e. The predicted molar refractivity (Wildman–Crippen MR) is 82.9 cm³/mol. The highest BCUT2D eigenvalue weighted by Gasteiger charge is 2.50. The molecule has 9 heteroatoms. The zero-order valence-corrected chi connectivity index (χ0v) is 14.0. The number of hydrogen-bond donors (Lipinski definition) is 2. The number of carbonyl (C=O) groups excluding carboxylic acids is 2. The van der Waals surface area contributed by atoms with Crippen LogP contribution >= 0.6 is 0 Å². The molecule has 1 aliphatic heterocycles. The third kappa shape index (κ3) is 3.35. The van der Waals surface area contributed by atoms with Crippen LogP contribution in [0.15, 0.2) is 29.8 Å². The Morgan fingerprint density at radius 3 is 2.36 bits per heavy atom. The maximum absolute atomic E-state index is 12.7. The number of amides is 1. The SMILES string of the molecule is COc1ccc(C2(C)OC(NC(=O)O)=C(OC(C)=O)C2=O)cc1OC. The number of esters is 1. The van der Waals surface area contributed by atoms with Gasteiger partial charge in [-0.15, -0.1) is 0 Å². The number of ketones is 1. The molecule has 0 bridgehead atoms. The predicted octanol–water partition coefficient (Wildman–Crippen LogP) is 1.52. The van der Waals surface area contributed by atoms with Crippen molar-refractivity contribution in [3.8, 4) is 11.5 Å². The molecule has 1 atom stereocenters. The highest BCUT2D eigenvalue weighted by atomic mass is 16.6. The Balaban J connectivity index is 2.47. The van der Waals surface area contributed by atoms with Crippen LogP contribution in [0.4, 0.5) is 4.79 Å². The fourth-order valence-electron chi connectivity index (χ4n) is 2.36. The molecule has 1 heterocycles. The van der Waals surface area contributed by atoms with Crippen LogP contribution in [-0.2, 0) is 24.7 Å². The van der Waals surface area contributed by atoms with Gasteiger partial charge in [0.25, 0.3) is 5.78 Å². The molecule has 0 saturated heterocycles. The number of methoxy groups -OCH3 is 2. The van der Waals surface area contributed by atoms with E-state index in [-0.39, 0.29) is 0 Å². The Morgan fingerprint density at radius 1 is 1.20 bits per heavy atom. The molecule has 134 valence electrons. The molecule has 1 unspecified atom stereocenters. The highest BCUT2D eigenvalue weighted by Crippen LogP contribution is 2.41. The van der Waals surface area contributed by atoms with E-state index in [9.17, 15) is 14.4 Å². The molecule has 1 aromatic rings. The molecule has 1 aromatic carbocycles. The Bertz CT molecular complexity index is 769. The molecule has 0 saturated carbocycles. The minimum atomic E-state index is -1.61. The van der Waals surface area contributed by atoms with Gasteiger partial charge in [0.15, 0.2) is 17.1 Å². The molecule has 0 aromatic heterocycles. The number of Topliss-reactive ketones (excluding diaryl/α,β-unsaturated/α-hetero) is 1. The first-order valence-electron chi connectivity index (χ1n) is 7.12. The summed E-state index contributed by atoms with van der Waals surface area (Å²) < 4.78 is 20.7. The van der Waals surface area contributed by atoms with E-state index in [0.29, 0.717) is 17.1 Å². The maximum atomic E-state index is 12.7. The number of nitrogens with one attached hydrogen (secondary N) is 1. The molecule has 0 fully saturated rings. The second-order valence-corrected chi connectivity index (χ2v) is 5.22. The topological polar surface area (TPSA) is 120 Å². The van der Waals surface area contributed by atoms with Gasteiger partial charge in [-0.1, -0.05) is 6.07 Å². The lowest BCUT2D eigenvalue weighted by Gasteiger charge is -2.24. The number of benzene rings is 1. The summed E-state index contributed by atoms with van der Waals surface area (Å²) in [6.07, 6.45) is -1.47. The minimum absolute atomic E-state index is 0.353. The average Bonchev–Trinajstić information content (AvgIpc) is 2.78. The van der Waals surface area contributed by atoms with Gasteiger partial charge in [-0.3, -0.25) is 14.9 Å². The average molecular weight is 351 g/mol. The van der Waals surface area contributed by atoms with Crippen LogP contribution in [0.5, 0.6) is 11.5 Å². The van der Waals surface area contributed by atoms with E-state index in [1.807, 2.05) is 5.32 Å². The number of rotatable bonds is 5. The number of carbonyl (C=O) groups is 3. The van der Waals surface area contributed by atoms with E-state index < -0.39 is 35.1 Å². The standard InChI is InChI=1S/C16H17NO8/c1-8(18)24-12-13(19)16(2,25-14(12)17-15(20)21)9-5-6-10(22-3)11(7-9)23-4/h5-7,17H,1-4H3,(H,20,21). The number of ether oxygens (including phenoxy) is 4. The summed E-state index contributed by atoms with van der Waals surface area (Å²) in [5.41, 5.74) is -1.25. The summed E-state index contributed by atoms with van der Waals surface area (Å²) in [5, 5.41) is 10.8. The Morgan fingerprint density at radius 2 is 1.84 bits per heavy atom. The van der Waals surface area contributed by atoms with E-state index >= 15 is 0 Å². The summed E-state index contributed by atoms with van der Waals surface area (Å²) in [7, 11) is 2.90. The lowest BCUT2D eigenvalue weighted by Crippen LogP contribution is -2.32. The summed E-state index contributed by atoms with van der Waals surface area (Å²) in [4.78, 5) is 34.9. The first-order chi connectivity index (χ1) is 11.7. The van der Waals surface area contributed by atoms with Crippen LogP contribution in [0, 0.1) is 0 Å². The normalized spacial score (nSPS) is 19.3. The van der Waals surface area contributed by atoms with Crippen molar-refractivity contribution in [3.63, 3.8) is 0 Å². The first kappa shape index (κ1) is 18.1. The van der Waals surface area contributed by atoms with Gasteiger partial charge < -0.3 is 24.1 Å². The van der Waals surface area contributed by atoms with Crippen LogP contribution < -0.4 is 14.8 Å². The lowest BCUT2D eigenvalue weighted by molar-refractivity contribution is -0.142. The summed E-state index contributed by atoms with van der Waals surface area (Å²) in [6.45, 7) is 2.52. The summed E-state index contributed by atoms with van der Waals surface area (Å²) in [6, 6.07) is 4.66. The van der Waals surface area contributed by atoms with Gasteiger partial charge in [0, 0.05) is 12.5 Å². The van der Waals surface area contributed by atoms with E-state index in [1.54, 1.807) is 12.1 Å². The van der Waals surface area contributed by atoms with E-state index in [0.717, 1.165) is 6.92 Å². The molecule has 1 aliphatic rings. The maximum Gasteiger partial charge on any atom is 0.411 e. The second-order valence-electron chi connectivity index (χ2n) is 5.22. The van der Waals surface area contributed by atoms with Crippen LogP contribution in [-0.4, -0.2) is 37.2 Å². The first-order valence-corrected chi connectivity index (χ1v) is 7.12. The molecule has 0 spiro atoms.